The van der Waals surface area contributed by atoms with Gasteiger partial charge in [0.25, 0.3) is 0 Å². The third-order valence-corrected chi connectivity index (χ3v) is 5.42. The second-order valence-electron chi connectivity index (χ2n) is 7.51. The van der Waals surface area contributed by atoms with E-state index in [1.54, 1.807) is 35.4 Å². The normalized spacial score (nSPS) is 18.1. The third kappa shape index (κ3) is 4.12. The first-order valence-corrected chi connectivity index (χ1v) is 10.0. The molecular formula is C21H25N5O4. The number of fused-ring (bicyclic) bond motifs is 4. The molecule has 30 heavy (non-hydrogen) atoms. The Kier molecular flexibility index (Phi) is 5.91. The molecule has 2 aliphatic rings. The quantitative estimate of drug-likeness (QED) is 0.672. The molecule has 9 nitrogen and oxygen atoms in total. The Morgan fingerprint density at radius 2 is 2.20 bits per heavy atom. The molecule has 2 bridgehead atoms. The van der Waals surface area contributed by atoms with E-state index >= 15 is 0 Å². The van der Waals surface area contributed by atoms with Crippen molar-refractivity contribution in [2.45, 2.75) is 31.4 Å². The Balaban J connectivity index is 1.56. The summed E-state index contributed by atoms with van der Waals surface area (Å²) in [6, 6.07) is 8.53. The molecule has 0 radical (unpaired) electrons. The summed E-state index contributed by atoms with van der Waals surface area (Å²) in [5.74, 6) is 0.773. The molecule has 1 saturated heterocycles. The van der Waals surface area contributed by atoms with Crippen molar-refractivity contribution in [3.63, 3.8) is 0 Å². The molecule has 4 heterocycles. The molecule has 0 spiro atoms. The average molecular weight is 411 g/mol. The van der Waals surface area contributed by atoms with Gasteiger partial charge in [-0.1, -0.05) is 6.07 Å². The van der Waals surface area contributed by atoms with Gasteiger partial charge in [-0.2, -0.15) is 0 Å². The molecule has 2 N–H and O–H groups in total. The molecular weight excluding hydrogens is 386 g/mol. The second kappa shape index (κ2) is 8.76. The van der Waals surface area contributed by atoms with E-state index in [9.17, 15) is 14.7 Å². The predicted octanol–water partition coefficient (Wildman–Crippen LogP) is 2.08. The number of Topliss-reactive ketones (excluding diaryl/α,β-unsaturated/α-hetero) is 1. The molecule has 2 aromatic heterocycles. The molecule has 9 heteroatoms. The molecule has 0 saturated carbocycles. The van der Waals surface area contributed by atoms with Gasteiger partial charge in [0.1, 0.15) is 11.5 Å². The maximum absolute atomic E-state index is 13.1. The van der Waals surface area contributed by atoms with E-state index in [0.717, 1.165) is 25.2 Å². The Bertz CT molecular complexity index is 923. The van der Waals surface area contributed by atoms with Crippen LogP contribution in [0.25, 0.3) is 0 Å². The van der Waals surface area contributed by atoms with Gasteiger partial charge in [0, 0.05) is 32.8 Å². The van der Waals surface area contributed by atoms with Gasteiger partial charge in [0.2, 0.25) is 0 Å². The van der Waals surface area contributed by atoms with Crippen molar-refractivity contribution < 1.29 is 19.4 Å². The molecule has 4 rings (SSSR count). The van der Waals surface area contributed by atoms with Gasteiger partial charge in [-0.25, -0.2) is 14.8 Å². The number of hydrogen-bond donors (Lipinski definition) is 2. The Hall–Kier alpha value is -3.04. The van der Waals surface area contributed by atoms with E-state index in [1.165, 1.54) is 7.11 Å². The lowest BCUT2D eigenvalue weighted by Gasteiger charge is -2.35. The minimum atomic E-state index is -0.695. The summed E-state index contributed by atoms with van der Waals surface area (Å²) >= 11 is 0. The number of hydrogen-bond acceptors (Lipinski definition) is 7. The minimum Gasteiger partial charge on any atom is -0.391 e. The van der Waals surface area contributed by atoms with Crippen molar-refractivity contribution >= 4 is 29.1 Å². The van der Waals surface area contributed by atoms with E-state index in [4.69, 9.17) is 4.74 Å². The van der Waals surface area contributed by atoms with Crippen LogP contribution in [0.4, 0.5) is 22.1 Å². The number of urea groups is 1. The van der Waals surface area contributed by atoms with Crippen LogP contribution in [0.5, 0.6) is 0 Å². The lowest BCUT2D eigenvalue weighted by molar-refractivity contribution is 0.0559. The summed E-state index contributed by atoms with van der Waals surface area (Å²) in [4.78, 5) is 38.2. The largest absolute Gasteiger partial charge is 0.391 e. The maximum atomic E-state index is 13.1. The summed E-state index contributed by atoms with van der Waals surface area (Å²) in [6.07, 6.45) is 2.20. The number of aliphatic hydroxyl groups excluding tert-OH is 1. The fourth-order valence-electron chi connectivity index (χ4n) is 3.93. The third-order valence-electron chi connectivity index (χ3n) is 5.42. The number of pyridine rings is 2. The van der Waals surface area contributed by atoms with Crippen molar-refractivity contribution in [3.05, 3.63) is 42.2 Å². The molecule has 2 aliphatic heterocycles. The van der Waals surface area contributed by atoms with Crippen molar-refractivity contribution in [2.24, 2.45) is 0 Å². The molecule has 1 unspecified atom stereocenters. The zero-order valence-electron chi connectivity index (χ0n) is 16.8. The van der Waals surface area contributed by atoms with Gasteiger partial charge >= 0.3 is 6.03 Å². The number of rotatable bonds is 7. The molecule has 2 amide bonds. The number of ether oxygens (including phenoxy) is 1. The van der Waals surface area contributed by atoms with E-state index in [1.807, 2.05) is 6.07 Å². The van der Waals surface area contributed by atoms with Gasteiger partial charge in [-0.15, -0.1) is 0 Å². The van der Waals surface area contributed by atoms with Crippen molar-refractivity contribution in [1.29, 1.82) is 0 Å². The summed E-state index contributed by atoms with van der Waals surface area (Å²) in [7, 11) is 1.50. The number of aliphatic hydroxyl groups is 1. The van der Waals surface area contributed by atoms with E-state index in [0.29, 0.717) is 18.1 Å². The first-order chi connectivity index (χ1) is 14.6. The van der Waals surface area contributed by atoms with Gasteiger partial charge < -0.3 is 14.7 Å². The Morgan fingerprint density at radius 3 is 2.97 bits per heavy atom. The number of carbonyl (C=O) groups excluding carboxylic acids is 2. The number of anilines is 3. The summed E-state index contributed by atoms with van der Waals surface area (Å²) in [5.41, 5.74) is 1.13. The summed E-state index contributed by atoms with van der Waals surface area (Å²) in [5, 5.41) is 12.6. The highest BCUT2D eigenvalue weighted by molar-refractivity contribution is 6.05. The molecule has 158 valence electrons. The van der Waals surface area contributed by atoms with Crippen molar-refractivity contribution in [2.75, 3.05) is 41.9 Å². The highest BCUT2D eigenvalue weighted by Gasteiger charge is 2.40. The number of ketones is 1. The average Bonchev–Trinajstić information content (AvgIpc) is 3.17. The highest BCUT2D eigenvalue weighted by atomic mass is 16.5. The van der Waals surface area contributed by atoms with Crippen molar-refractivity contribution in [1.82, 2.24) is 9.97 Å². The fraction of sp³-hybridized carbons (Fsp3) is 0.429. The fourth-order valence-corrected chi connectivity index (χ4v) is 3.93. The minimum absolute atomic E-state index is 0.0115. The van der Waals surface area contributed by atoms with E-state index in [2.05, 4.69) is 20.2 Å². The number of nitrogens with one attached hydrogen (secondary N) is 1. The SMILES string of the molecule is COCC(O)CCC(=O)c1ccc2c(n1)N(C(=O)Nc1ccccn1)[C@H]1CCN2C1. The standard InChI is InChI=1S/C21H25N5O4/c1-30-13-15(27)5-8-18(28)16-6-7-17-20(23-16)26(14-9-11-25(17)12-14)21(29)24-19-4-2-3-10-22-19/h2-4,6-7,10,14-15,27H,5,8-9,11-13H2,1H3,(H,22,24,29)/t14-,15?/m0/s1. The molecule has 0 aromatic carbocycles. The molecule has 2 atom stereocenters. The lowest BCUT2D eigenvalue weighted by Crippen LogP contribution is -2.48. The van der Waals surface area contributed by atoms with Gasteiger partial charge in [-0.05, 0) is 37.1 Å². The number of amides is 2. The molecule has 2 aromatic rings. The highest BCUT2D eigenvalue weighted by Crippen LogP contribution is 2.39. The monoisotopic (exact) mass is 411 g/mol. The van der Waals surface area contributed by atoms with Crippen LogP contribution >= 0.6 is 0 Å². The van der Waals surface area contributed by atoms with Crippen LogP contribution in [0.3, 0.4) is 0 Å². The van der Waals surface area contributed by atoms with Crippen LogP contribution in [0, 0.1) is 0 Å². The lowest BCUT2D eigenvalue weighted by atomic mass is 10.1. The zero-order chi connectivity index (χ0) is 21.1. The number of nitrogens with zero attached hydrogens (tertiary/aromatic N) is 4. The zero-order valence-corrected chi connectivity index (χ0v) is 16.8. The number of methoxy groups -OCH3 is 1. The number of aromatic nitrogens is 2. The topological polar surface area (TPSA) is 108 Å². The maximum Gasteiger partial charge on any atom is 0.329 e. The van der Waals surface area contributed by atoms with E-state index in [-0.39, 0.29) is 36.6 Å². The van der Waals surface area contributed by atoms with Crippen LogP contribution in [0.2, 0.25) is 0 Å². The van der Waals surface area contributed by atoms with Gasteiger partial charge in [-0.3, -0.25) is 15.0 Å². The van der Waals surface area contributed by atoms with Crippen LogP contribution in [0.15, 0.2) is 36.5 Å². The van der Waals surface area contributed by atoms with Crippen molar-refractivity contribution in [3.8, 4) is 0 Å². The molecule has 0 aliphatic carbocycles. The number of carbonyl (C=O) groups is 2. The van der Waals surface area contributed by atoms with Crippen LogP contribution in [-0.4, -0.2) is 65.8 Å². The van der Waals surface area contributed by atoms with Gasteiger partial charge in [0.15, 0.2) is 11.6 Å². The van der Waals surface area contributed by atoms with E-state index < -0.39 is 6.10 Å². The predicted molar refractivity (Wildman–Crippen MR) is 112 cm³/mol. The molecule has 1 fully saturated rings. The Labute approximate surface area is 174 Å². The Morgan fingerprint density at radius 1 is 1.33 bits per heavy atom. The smallest absolute Gasteiger partial charge is 0.329 e. The first kappa shape index (κ1) is 20.2. The van der Waals surface area contributed by atoms with Gasteiger partial charge in [0.05, 0.1) is 24.4 Å². The second-order valence-corrected chi connectivity index (χ2v) is 7.51. The summed E-state index contributed by atoms with van der Waals surface area (Å²) < 4.78 is 4.90. The summed E-state index contributed by atoms with van der Waals surface area (Å²) in [6.45, 7) is 1.76. The first-order valence-electron chi connectivity index (χ1n) is 10.0. The van der Waals surface area contributed by atoms with Crippen LogP contribution in [-0.2, 0) is 4.74 Å². The van der Waals surface area contributed by atoms with Crippen LogP contribution < -0.4 is 15.1 Å². The van der Waals surface area contributed by atoms with Crippen LogP contribution in [0.1, 0.15) is 29.8 Å².